The molecule has 1 fully saturated rings. The summed E-state index contributed by atoms with van der Waals surface area (Å²) in [5.41, 5.74) is 1.57. The number of aliphatic carboxylic acids is 1. The van der Waals surface area contributed by atoms with Crippen molar-refractivity contribution in [3.8, 4) is 0 Å². The second-order valence-electron chi connectivity index (χ2n) is 4.83. The summed E-state index contributed by atoms with van der Waals surface area (Å²) < 4.78 is 0. The molecule has 1 saturated carbocycles. The molecule has 1 aromatic rings. The summed E-state index contributed by atoms with van der Waals surface area (Å²) >= 11 is 0. The van der Waals surface area contributed by atoms with Crippen molar-refractivity contribution in [2.24, 2.45) is 5.92 Å². The molecule has 0 spiro atoms. The van der Waals surface area contributed by atoms with Gasteiger partial charge in [0, 0.05) is 24.2 Å². The van der Waals surface area contributed by atoms with Crippen LogP contribution < -0.4 is 5.32 Å². The van der Waals surface area contributed by atoms with Gasteiger partial charge in [-0.1, -0.05) is 12.1 Å². The number of carboxylic acids is 1. The molecule has 102 valence electrons. The maximum atomic E-state index is 10.9. The summed E-state index contributed by atoms with van der Waals surface area (Å²) in [6.07, 6.45) is 1.53. The molecule has 2 N–H and O–H groups in total. The van der Waals surface area contributed by atoms with Crippen molar-refractivity contribution in [1.29, 1.82) is 0 Å². The number of hydrogen-bond donors (Lipinski definition) is 2. The molecular weight excluding hydrogens is 248 g/mol. The number of nitro benzene ring substituents is 1. The number of nitrogens with one attached hydrogen (secondary N) is 1. The fraction of sp³-hybridized carbons (Fsp3) is 0.462. The van der Waals surface area contributed by atoms with Gasteiger partial charge in [0.05, 0.1) is 10.8 Å². The second kappa shape index (κ2) is 5.36. The maximum absolute atomic E-state index is 10.9. The van der Waals surface area contributed by atoms with Crippen LogP contribution in [-0.4, -0.2) is 22.0 Å². The first-order valence-electron chi connectivity index (χ1n) is 6.19. The Labute approximate surface area is 110 Å². The molecule has 0 heterocycles. The SMILES string of the molecule is Cc1c(CNC2CCC2C(=O)O)cccc1[N+](=O)[O-]. The van der Waals surface area contributed by atoms with E-state index >= 15 is 0 Å². The quantitative estimate of drug-likeness (QED) is 0.625. The first kappa shape index (κ1) is 13.5. The third kappa shape index (κ3) is 2.73. The van der Waals surface area contributed by atoms with Crippen molar-refractivity contribution >= 4 is 11.7 Å². The Kier molecular flexibility index (Phi) is 3.80. The lowest BCUT2D eigenvalue weighted by Crippen LogP contribution is -2.47. The highest BCUT2D eigenvalue weighted by Gasteiger charge is 2.36. The average Bonchev–Trinajstić information content (AvgIpc) is 2.28. The molecule has 0 amide bonds. The fourth-order valence-electron chi connectivity index (χ4n) is 2.34. The Morgan fingerprint density at radius 1 is 1.53 bits per heavy atom. The molecule has 1 aliphatic rings. The van der Waals surface area contributed by atoms with Gasteiger partial charge in [-0.05, 0) is 25.3 Å². The van der Waals surface area contributed by atoms with Crippen molar-refractivity contribution < 1.29 is 14.8 Å². The van der Waals surface area contributed by atoms with E-state index in [-0.39, 0.29) is 17.6 Å². The highest BCUT2D eigenvalue weighted by Crippen LogP contribution is 2.28. The van der Waals surface area contributed by atoms with Crippen LogP contribution in [0.4, 0.5) is 5.69 Å². The van der Waals surface area contributed by atoms with Gasteiger partial charge in [-0.25, -0.2) is 0 Å². The lowest BCUT2D eigenvalue weighted by molar-refractivity contribution is -0.385. The molecule has 6 heteroatoms. The number of benzene rings is 1. The molecule has 0 aliphatic heterocycles. The van der Waals surface area contributed by atoms with Crippen molar-refractivity contribution in [2.45, 2.75) is 32.4 Å². The second-order valence-corrected chi connectivity index (χ2v) is 4.83. The van der Waals surface area contributed by atoms with E-state index in [9.17, 15) is 14.9 Å². The number of nitrogens with zero attached hydrogens (tertiary/aromatic N) is 1. The molecule has 0 aromatic heterocycles. The van der Waals surface area contributed by atoms with E-state index in [1.807, 2.05) is 6.07 Å². The van der Waals surface area contributed by atoms with Gasteiger partial charge in [0.1, 0.15) is 0 Å². The zero-order valence-corrected chi connectivity index (χ0v) is 10.6. The fourth-order valence-corrected chi connectivity index (χ4v) is 2.34. The topological polar surface area (TPSA) is 92.5 Å². The molecular formula is C13H16N2O4. The van der Waals surface area contributed by atoms with Gasteiger partial charge in [-0.2, -0.15) is 0 Å². The Morgan fingerprint density at radius 3 is 2.79 bits per heavy atom. The van der Waals surface area contributed by atoms with E-state index in [2.05, 4.69) is 5.32 Å². The molecule has 0 saturated heterocycles. The minimum Gasteiger partial charge on any atom is -0.481 e. The Morgan fingerprint density at radius 2 is 2.26 bits per heavy atom. The van der Waals surface area contributed by atoms with Gasteiger partial charge < -0.3 is 10.4 Å². The summed E-state index contributed by atoms with van der Waals surface area (Å²) in [5.74, 6) is -1.11. The number of rotatable bonds is 5. The van der Waals surface area contributed by atoms with E-state index < -0.39 is 10.9 Å². The van der Waals surface area contributed by atoms with Crippen LogP contribution in [0.3, 0.4) is 0 Å². The van der Waals surface area contributed by atoms with Crippen molar-refractivity contribution in [3.05, 3.63) is 39.4 Å². The lowest BCUT2D eigenvalue weighted by atomic mass is 9.79. The molecule has 19 heavy (non-hydrogen) atoms. The van der Waals surface area contributed by atoms with Crippen LogP contribution >= 0.6 is 0 Å². The highest BCUT2D eigenvalue weighted by atomic mass is 16.6. The third-order valence-electron chi connectivity index (χ3n) is 3.76. The average molecular weight is 264 g/mol. The zero-order chi connectivity index (χ0) is 14.0. The largest absolute Gasteiger partial charge is 0.481 e. The number of carboxylic acid groups (broad SMARTS) is 1. The monoisotopic (exact) mass is 264 g/mol. The molecule has 2 unspecified atom stereocenters. The van der Waals surface area contributed by atoms with Crippen LogP contribution in [0.15, 0.2) is 18.2 Å². The van der Waals surface area contributed by atoms with Crippen LogP contribution in [0.25, 0.3) is 0 Å². The number of hydrogen-bond acceptors (Lipinski definition) is 4. The Hall–Kier alpha value is -1.95. The summed E-state index contributed by atoms with van der Waals surface area (Å²) in [6.45, 7) is 2.17. The molecule has 2 rings (SSSR count). The van der Waals surface area contributed by atoms with Crippen molar-refractivity contribution in [2.75, 3.05) is 0 Å². The lowest BCUT2D eigenvalue weighted by Gasteiger charge is -2.34. The maximum Gasteiger partial charge on any atom is 0.308 e. The third-order valence-corrected chi connectivity index (χ3v) is 3.76. The van der Waals surface area contributed by atoms with E-state index in [1.54, 1.807) is 13.0 Å². The number of nitro groups is 1. The van der Waals surface area contributed by atoms with Crippen LogP contribution in [0, 0.1) is 23.0 Å². The van der Waals surface area contributed by atoms with Gasteiger partial charge in [0.15, 0.2) is 0 Å². The standard InChI is InChI=1S/C13H16N2O4/c1-8-9(3-2-4-12(8)15(18)19)7-14-11-6-5-10(11)13(16)17/h2-4,10-11,14H,5-7H2,1H3,(H,16,17). The van der Waals surface area contributed by atoms with E-state index in [0.717, 1.165) is 12.0 Å². The normalized spacial score (nSPS) is 21.7. The number of carbonyl (C=O) groups is 1. The molecule has 2 atom stereocenters. The highest BCUT2D eigenvalue weighted by molar-refractivity contribution is 5.72. The van der Waals surface area contributed by atoms with Gasteiger partial charge in [0.2, 0.25) is 0 Å². The van der Waals surface area contributed by atoms with Gasteiger partial charge in [-0.3, -0.25) is 14.9 Å². The van der Waals surface area contributed by atoms with Gasteiger partial charge in [0.25, 0.3) is 5.69 Å². The predicted molar refractivity (Wildman–Crippen MR) is 68.8 cm³/mol. The first-order chi connectivity index (χ1) is 9.00. The minimum absolute atomic E-state index is 0.0313. The van der Waals surface area contributed by atoms with Gasteiger partial charge >= 0.3 is 5.97 Å². The molecule has 0 radical (unpaired) electrons. The van der Waals surface area contributed by atoms with E-state index in [4.69, 9.17) is 5.11 Å². The molecule has 0 bridgehead atoms. The molecule has 1 aromatic carbocycles. The Bertz CT molecular complexity index is 515. The minimum atomic E-state index is -0.778. The van der Waals surface area contributed by atoms with Crippen LogP contribution in [-0.2, 0) is 11.3 Å². The van der Waals surface area contributed by atoms with Crippen molar-refractivity contribution in [3.63, 3.8) is 0 Å². The van der Waals surface area contributed by atoms with Crippen LogP contribution in [0.5, 0.6) is 0 Å². The van der Waals surface area contributed by atoms with E-state index in [0.29, 0.717) is 18.5 Å². The molecule has 1 aliphatic carbocycles. The summed E-state index contributed by atoms with van der Waals surface area (Å²) in [6, 6.07) is 4.92. The predicted octanol–water partition coefficient (Wildman–Crippen LogP) is 1.86. The Balaban J connectivity index is 2.02. The summed E-state index contributed by atoms with van der Waals surface area (Å²) in [4.78, 5) is 21.3. The van der Waals surface area contributed by atoms with Crippen LogP contribution in [0.2, 0.25) is 0 Å². The smallest absolute Gasteiger partial charge is 0.308 e. The molecule has 6 nitrogen and oxygen atoms in total. The summed E-state index contributed by atoms with van der Waals surface area (Å²) in [7, 11) is 0. The van der Waals surface area contributed by atoms with Crippen molar-refractivity contribution in [1.82, 2.24) is 5.32 Å². The van der Waals surface area contributed by atoms with E-state index in [1.165, 1.54) is 6.07 Å². The van der Waals surface area contributed by atoms with Gasteiger partial charge in [-0.15, -0.1) is 0 Å². The van der Waals surface area contributed by atoms with Crippen LogP contribution in [0.1, 0.15) is 24.0 Å². The first-order valence-corrected chi connectivity index (χ1v) is 6.19. The summed E-state index contributed by atoms with van der Waals surface area (Å²) in [5, 5.41) is 22.9. The zero-order valence-electron chi connectivity index (χ0n) is 10.6.